The number of benzene rings is 1. The zero-order chi connectivity index (χ0) is 25.1. The van der Waals surface area contributed by atoms with Crippen molar-refractivity contribution in [3.8, 4) is 6.07 Å². The minimum absolute atomic E-state index is 0.0278. The van der Waals surface area contributed by atoms with E-state index in [1.807, 2.05) is 18.0 Å². The Morgan fingerprint density at radius 1 is 1.23 bits per heavy atom. The molecule has 1 amide bonds. The van der Waals surface area contributed by atoms with E-state index in [0.29, 0.717) is 48.0 Å². The minimum atomic E-state index is -2.64. The lowest BCUT2D eigenvalue weighted by Crippen LogP contribution is -2.58. The molecular formula is C25H27F3N6O. The third-order valence-electron chi connectivity index (χ3n) is 7.68. The predicted octanol–water partition coefficient (Wildman–Crippen LogP) is 3.68. The lowest BCUT2D eigenvalue weighted by molar-refractivity contribution is -0.148. The molecule has 3 heterocycles. The van der Waals surface area contributed by atoms with E-state index in [4.69, 9.17) is 0 Å². The summed E-state index contributed by atoms with van der Waals surface area (Å²) in [5.41, 5.74) is -1.08. The van der Waals surface area contributed by atoms with Gasteiger partial charge in [-0.15, -0.1) is 0 Å². The number of hydrogen-bond donors (Lipinski definition) is 1. The number of nitrogens with one attached hydrogen (secondary N) is 1. The number of hydrogen-bond acceptors (Lipinski definition) is 6. The average molecular weight is 485 g/mol. The molecule has 184 valence electrons. The number of amides is 1. The highest BCUT2D eigenvalue weighted by Crippen LogP contribution is 2.53. The van der Waals surface area contributed by atoms with Crippen molar-refractivity contribution in [3.05, 3.63) is 52.2 Å². The van der Waals surface area contributed by atoms with Gasteiger partial charge in [-0.05, 0) is 52.8 Å². The van der Waals surface area contributed by atoms with Crippen LogP contribution in [0.3, 0.4) is 0 Å². The fourth-order valence-electron chi connectivity index (χ4n) is 5.57. The molecule has 2 atom stereocenters. The number of aryl methyl sites for hydroxylation is 1. The topological polar surface area (TPSA) is 85.1 Å². The van der Waals surface area contributed by atoms with E-state index in [-0.39, 0.29) is 30.9 Å². The normalized spacial score (nSPS) is 23.9. The van der Waals surface area contributed by atoms with Gasteiger partial charge in [-0.25, -0.2) is 23.1 Å². The van der Waals surface area contributed by atoms with E-state index >= 15 is 0 Å². The van der Waals surface area contributed by atoms with Gasteiger partial charge in [-0.2, -0.15) is 5.26 Å². The monoisotopic (exact) mass is 484 g/mol. The molecule has 1 N–H and O–H groups in total. The maximum Gasteiger partial charge on any atom is 0.261 e. The number of nitriles is 1. The molecule has 1 spiro atoms. The first-order chi connectivity index (χ1) is 16.6. The van der Waals surface area contributed by atoms with Crippen LogP contribution in [0.4, 0.5) is 19.0 Å². The van der Waals surface area contributed by atoms with Crippen molar-refractivity contribution in [3.63, 3.8) is 0 Å². The van der Waals surface area contributed by atoms with Gasteiger partial charge in [0.15, 0.2) is 0 Å². The Bertz CT molecular complexity index is 1240. The summed E-state index contributed by atoms with van der Waals surface area (Å²) in [5, 5.41) is 12.4. The average Bonchev–Trinajstić information content (AvgIpc) is 3.53. The molecule has 35 heavy (non-hydrogen) atoms. The maximum atomic E-state index is 14.9. The molecular weight excluding hydrogens is 457 g/mol. The highest BCUT2D eigenvalue weighted by Gasteiger charge is 2.63. The molecule has 2 aliphatic heterocycles. The van der Waals surface area contributed by atoms with E-state index in [9.17, 15) is 23.2 Å². The van der Waals surface area contributed by atoms with E-state index < -0.39 is 29.2 Å². The first kappa shape index (κ1) is 23.5. The number of carbonyl (C=O) groups is 1. The van der Waals surface area contributed by atoms with Crippen molar-refractivity contribution >= 4 is 11.7 Å². The Morgan fingerprint density at radius 2 is 1.97 bits per heavy atom. The van der Waals surface area contributed by atoms with Gasteiger partial charge in [-0.1, -0.05) is 12.1 Å². The molecule has 1 unspecified atom stereocenters. The third kappa shape index (κ3) is 3.56. The van der Waals surface area contributed by atoms with Crippen molar-refractivity contribution in [2.45, 2.75) is 63.1 Å². The van der Waals surface area contributed by atoms with Crippen molar-refractivity contribution < 1.29 is 18.0 Å². The quantitative estimate of drug-likeness (QED) is 0.697. The van der Waals surface area contributed by atoms with E-state index in [0.717, 1.165) is 0 Å². The van der Waals surface area contributed by atoms with Crippen LogP contribution in [0.5, 0.6) is 0 Å². The number of likely N-dealkylation sites (tertiary alicyclic amines) is 1. The summed E-state index contributed by atoms with van der Waals surface area (Å²) in [7, 11) is 1.90. The Morgan fingerprint density at radius 3 is 2.57 bits per heavy atom. The zero-order valence-electron chi connectivity index (χ0n) is 19.9. The summed E-state index contributed by atoms with van der Waals surface area (Å²) in [6.45, 7) is 4.47. The summed E-state index contributed by atoms with van der Waals surface area (Å²) < 4.78 is 43.2. The second kappa shape index (κ2) is 8.19. The Labute approximate surface area is 202 Å². The molecule has 1 aromatic carbocycles. The number of fused-ring (bicyclic) bond motifs is 2. The molecule has 7 nitrogen and oxygen atoms in total. The Hall–Kier alpha value is -3.19. The van der Waals surface area contributed by atoms with Gasteiger partial charge >= 0.3 is 0 Å². The summed E-state index contributed by atoms with van der Waals surface area (Å²) in [6.07, 6.45) is -1.64. The first-order valence-electron chi connectivity index (χ1n) is 11.7. The SMILES string of the molecule is Cc1nc(N[C@H](C)c2cccc(C#N)c2F)c2c(n1)C1(CCN(C)C1)C(=O)N(C1(C(F)F)CC1)C2. The minimum Gasteiger partial charge on any atom is -0.363 e. The van der Waals surface area contributed by atoms with Crippen molar-refractivity contribution in [1.82, 2.24) is 19.8 Å². The van der Waals surface area contributed by atoms with Gasteiger partial charge in [0.2, 0.25) is 5.91 Å². The molecule has 3 aliphatic rings. The van der Waals surface area contributed by atoms with Crippen LogP contribution in [-0.4, -0.2) is 57.8 Å². The van der Waals surface area contributed by atoms with Crippen LogP contribution in [0.15, 0.2) is 18.2 Å². The smallest absolute Gasteiger partial charge is 0.261 e. The highest BCUT2D eigenvalue weighted by molar-refractivity contribution is 5.92. The summed E-state index contributed by atoms with van der Waals surface area (Å²) >= 11 is 0. The lowest BCUT2D eigenvalue weighted by atomic mass is 9.76. The summed E-state index contributed by atoms with van der Waals surface area (Å²) in [5.74, 6) is -0.0693. The fourth-order valence-corrected chi connectivity index (χ4v) is 5.57. The lowest BCUT2D eigenvalue weighted by Gasteiger charge is -2.44. The maximum absolute atomic E-state index is 14.9. The number of nitrogens with zero attached hydrogens (tertiary/aromatic N) is 5. The number of likely N-dealkylation sites (N-methyl/N-ethyl adjacent to an activating group) is 1. The number of anilines is 1. The van der Waals surface area contributed by atoms with Crippen LogP contribution in [-0.2, 0) is 16.8 Å². The van der Waals surface area contributed by atoms with Crippen LogP contribution in [0.25, 0.3) is 0 Å². The number of aromatic nitrogens is 2. The largest absolute Gasteiger partial charge is 0.363 e. The van der Waals surface area contributed by atoms with Gasteiger partial charge in [-0.3, -0.25) is 4.79 Å². The third-order valence-corrected chi connectivity index (χ3v) is 7.68. The molecule has 0 radical (unpaired) electrons. The second-order valence-corrected chi connectivity index (χ2v) is 10.00. The predicted molar refractivity (Wildman–Crippen MR) is 122 cm³/mol. The number of halogens is 3. The molecule has 5 rings (SSSR count). The van der Waals surface area contributed by atoms with E-state index in [1.54, 1.807) is 26.0 Å². The molecule has 2 aromatic rings. The van der Waals surface area contributed by atoms with E-state index in [2.05, 4.69) is 15.3 Å². The summed E-state index contributed by atoms with van der Waals surface area (Å²) in [6, 6.07) is 5.89. The van der Waals surface area contributed by atoms with Gasteiger partial charge < -0.3 is 15.1 Å². The number of rotatable bonds is 5. The Kier molecular flexibility index (Phi) is 5.51. The fraction of sp³-hybridized carbons (Fsp3) is 0.520. The number of alkyl halides is 2. The van der Waals surface area contributed by atoms with E-state index in [1.165, 1.54) is 11.0 Å². The van der Waals surface area contributed by atoms with Crippen LogP contribution >= 0.6 is 0 Å². The molecule has 2 fully saturated rings. The van der Waals surface area contributed by atoms with Crippen LogP contribution in [0.1, 0.15) is 60.4 Å². The van der Waals surface area contributed by atoms with Gasteiger partial charge in [0.1, 0.15) is 34.5 Å². The van der Waals surface area contributed by atoms with Crippen LogP contribution in [0, 0.1) is 24.1 Å². The zero-order valence-corrected chi connectivity index (χ0v) is 19.9. The molecule has 0 bridgehead atoms. The van der Waals surface area contributed by atoms with Crippen LogP contribution < -0.4 is 5.32 Å². The van der Waals surface area contributed by atoms with Crippen molar-refractivity contribution in [2.75, 3.05) is 25.5 Å². The second-order valence-electron chi connectivity index (χ2n) is 10.00. The Balaban J connectivity index is 1.61. The molecule has 1 aliphatic carbocycles. The van der Waals surface area contributed by atoms with Crippen LogP contribution in [0.2, 0.25) is 0 Å². The number of carbonyl (C=O) groups excluding carboxylic acids is 1. The van der Waals surface area contributed by atoms with Gasteiger partial charge in [0.05, 0.1) is 23.8 Å². The molecule has 10 heteroatoms. The first-order valence-corrected chi connectivity index (χ1v) is 11.7. The van der Waals surface area contributed by atoms with Gasteiger partial charge in [0.25, 0.3) is 6.43 Å². The highest BCUT2D eigenvalue weighted by atomic mass is 19.3. The van der Waals surface area contributed by atoms with Crippen molar-refractivity contribution in [1.29, 1.82) is 5.26 Å². The molecule has 1 saturated heterocycles. The van der Waals surface area contributed by atoms with Crippen molar-refractivity contribution in [2.24, 2.45) is 0 Å². The molecule has 1 aromatic heterocycles. The van der Waals surface area contributed by atoms with Gasteiger partial charge in [0, 0.05) is 17.7 Å². The standard InChI is InChI=1S/C25H27F3N6O/c1-14(17-6-4-5-16(11-29)19(17)26)30-21-18-12-34(25(7-8-25)22(27)28)23(35)24(9-10-33(3)13-24)20(18)31-15(2)32-21/h4-6,14,22H,7-10,12-13H2,1-3H3,(H,30,31,32)/t14-,24?/m1/s1. The molecule has 1 saturated carbocycles. The summed E-state index contributed by atoms with van der Waals surface area (Å²) in [4.78, 5) is 26.4.